The van der Waals surface area contributed by atoms with Gasteiger partial charge in [0.25, 0.3) is 0 Å². The summed E-state index contributed by atoms with van der Waals surface area (Å²) in [6.07, 6.45) is 0.601. The second kappa shape index (κ2) is 4.23. The highest BCUT2D eigenvalue weighted by molar-refractivity contribution is 5.44. The number of phenolic OH excluding ortho intramolecular Hbond substituents is 1. The summed E-state index contributed by atoms with van der Waals surface area (Å²) in [5.41, 5.74) is 3.06. The van der Waals surface area contributed by atoms with Gasteiger partial charge in [0, 0.05) is 6.61 Å². The van der Waals surface area contributed by atoms with E-state index in [1.54, 1.807) is 6.07 Å². The van der Waals surface area contributed by atoms with Gasteiger partial charge in [-0.2, -0.15) is 0 Å². The molecule has 1 aromatic rings. The van der Waals surface area contributed by atoms with Gasteiger partial charge >= 0.3 is 0 Å². The van der Waals surface area contributed by atoms with Crippen molar-refractivity contribution < 1.29 is 10.2 Å². The van der Waals surface area contributed by atoms with Crippen LogP contribution in [-0.4, -0.2) is 16.8 Å². The Kier molecular flexibility index (Phi) is 3.40. The van der Waals surface area contributed by atoms with Crippen molar-refractivity contribution in [3.63, 3.8) is 0 Å². The Balaban J connectivity index is 3.20. The first-order valence-corrected chi connectivity index (χ1v) is 5.30. The molecule has 2 N–H and O–H groups in total. The molecule has 0 saturated carbocycles. The van der Waals surface area contributed by atoms with Crippen molar-refractivity contribution in [1.29, 1.82) is 0 Å². The number of hydrogen-bond donors (Lipinski definition) is 2. The predicted molar refractivity (Wildman–Crippen MR) is 62.3 cm³/mol. The molecule has 2 heteroatoms. The zero-order valence-electron chi connectivity index (χ0n) is 9.96. The van der Waals surface area contributed by atoms with Crippen LogP contribution < -0.4 is 0 Å². The van der Waals surface area contributed by atoms with Gasteiger partial charge in [0.05, 0.1) is 0 Å². The third-order valence-electron chi connectivity index (χ3n) is 2.64. The number of aliphatic hydroxyl groups excluding tert-OH is 1. The van der Waals surface area contributed by atoms with E-state index in [9.17, 15) is 5.11 Å². The first-order chi connectivity index (χ1) is 6.86. The van der Waals surface area contributed by atoms with Gasteiger partial charge in [0.2, 0.25) is 0 Å². The number of rotatable bonds is 2. The summed E-state index contributed by atoms with van der Waals surface area (Å²) >= 11 is 0. The monoisotopic (exact) mass is 208 g/mol. The second-order valence-corrected chi connectivity index (χ2v) is 5.02. The minimum Gasteiger partial charge on any atom is -0.508 e. The molecule has 0 spiro atoms. The summed E-state index contributed by atoms with van der Waals surface area (Å²) < 4.78 is 0. The zero-order chi connectivity index (χ0) is 11.6. The lowest BCUT2D eigenvalue weighted by Crippen LogP contribution is -2.12. The van der Waals surface area contributed by atoms with E-state index < -0.39 is 0 Å². The van der Waals surface area contributed by atoms with Crippen LogP contribution in [0.1, 0.15) is 37.5 Å². The highest BCUT2D eigenvalue weighted by Gasteiger charge is 2.19. The van der Waals surface area contributed by atoms with Gasteiger partial charge in [-0.3, -0.25) is 0 Å². The Morgan fingerprint density at radius 1 is 1.20 bits per heavy atom. The van der Waals surface area contributed by atoms with Crippen molar-refractivity contribution in [3.05, 3.63) is 28.8 Å². The number of phenols is 1. The lowest BCUT2D eigenvalue weighted by molar-refractivity contribution is 0.299. The summed E-state index contributed by atoms with van der Waals surface area (Å²) in [7, 11) is 0. The molecule has 0 amide bonds. The average molecular weight is 208 g/mol. The minimum absolute atomic E-state index is 0.0490. The van der Waals surface area contributed by atoms with E-state index in [0.717, 1.165) is 16.7 Å². The van der Waals surface area contributed by atoms with Gasteiger partial charge < -0.3 is 10.2 Å². The highest BCUT2D eigenvalue weighted by atomic mass is 16.3. The van der Waals surface area contributed by atoms with E-state index >= 15 is 0 Å². The fraction of sp³-hybridized carbons (Fsp3) is 0.538. The van der Waals surface area contributed by atoms with Crippen molar-refractivity contribution >= 4 is 0 Å². The molecule has 0 aliphatic rings. The maximum atomic E-state index is 9.90. The zero-order valence-corrected chi connectivity index (χ0v) is 9.96. The van der Waals surface area contributed by atoms with E-state index in [4.69, 9.17) is 5.11 Å². The van der Waals surface area contributed by atoms with Crippen molar-refractivity contribution in [2.24, 2.45) is 0 Å². The Labute approximate surface area is 91.6 Å². The van der Waals surface area contributed by atoms with Crippen LogP contribution in [0.4, 0.5) is 0 Å². The van der Waals surface area contributed by atoms with Gasteiger partial charge in [-0.1, -0.05) is 26.8 Å². The van der Waals surface area contributed by atoms with Gasteiger partial charge in [-0.25, -0.2) is 0 Å². The molecule has 84 valence electrons. The molecule has 0 radical (unpaired) electrons. The van der Waals surface area contributed by atoms with Crippen LogP contribution in [0.2, 0.25) is 0 Å². The number of hydrogen-bond acceptors (Lipinski definition) is 2. The first-order valence-electron chi connectivity index (χ1n) is 5.30. The van der Waals surface area contributed by atoms with Gasteiger partial charge in [-0.05, 0) is 41.5 Å². The fourth-order valence-corrected chi connectivity index (χ4v) is 1.73. The molecule has 0 aliphatic carbocycles. The summed E-state index contributed by atoms with van der Waals surface area (Å²) in [4.78, 5) is 0. The topological polar surface area (TPSA) is 40.5 Å². The molecule has 15 heavy (non-hydrogen) atoms. The van der Waals surface area contributed by atoms with Gasteiger partial charge in [0.15, 0.2) is 0 Å². The predicted octanol–water partition coefficient (Wildman–Crippen LogP) is 2.53. The quantitative estimate of drug-likeness (QED) is 0.784. The number of aryl methyl sites for hydroxylation is 1. The molecule has 0 atom stereocenters. The Morgan fingerprint density at radius 3 is 2.27 bits per heavy atom. The molecule has 2 nitrogen and oxygen atoms in total. The van der Waals surface area contributed by atoms with Crippen molar-refractivity contribution in [2.75, 3.05) is 6.61 Å². The summed E-state index contributed by atoms with van der Waals surface area (Å²) in [6, 6.07) is 3.78. The van der Waals surface area contributed by atoms with E-state index in [0.29, 0.717) is 12.2 Å². The van der Waals surface area contributed by atoms with Crippen LogP contribution in [-0.2, 0) is 11.8 Å². The van der Waals surface area contributed by atoms with E-state index in [1.807, 2.05) is 13.0 Å². The summed E-state index contributed by atoms with van der Waals surface area (Å²) in [6.45, 7) is 8.36. The number of benzene rings is 1. The van der Waals surface area contributed by atoms with E-state index in [1.165, 1.54) is 0 Å². The molecule has 0 saturated heterocycles. The summed E-state index contributed by atoms with van der Waals surface area (Å²) in [5, 5.41) is 18.8. The first kappa shape index (κ1) is 12.1. The van der Waals surface area contributed by atoms with Gasteiger partial charge in [0.1, 0.15) is 5.75 Å². The fourth-order valence-electron chi connectivity index (χ4n) is 1.73. The second-order valence-electron chi connectivity index (χ2n) is 5.02. The minimum atomic E-state index is -0.0490. The molecule has 0 aromatic heterocycles. The lowest BCUT2D eigenvalue weighted by Gasteiger charge is -2.22. The molecule has 1 rings (SSSR count). The van der Waals surface area contributed by atoms with E-state index in [2.05, 4.69) is 20.8 Å². The molecule has 0 heterocycles. The molecule has 0 aliphatic heterocycles. The van der Waals surface area contributed by atoms with Crippen molar-refractivity contribution in [2.45, 2.75) is 39.5 Å². The summed E-state index contributed by atoms with van der Waals surface area (Å²) in [5.74, 6) is 0.330. The maximum Gasteiger partial charge on any atom is 0.119 e. The van der Waals surface area contributed by atoms with Crippen molar-refractivity contribution in [3.8, 4) is 5.75 Å². The molecule has 0 bridgehead atoms. The third kappa shape index (κ3) is 2.72. The van der Waals surface area contributed by atoms with Crippen LogP contribution in [0.15, 0.2) is 12.1 Å². The molecule has 1 aromatic carbocycles. The average Bonchev–Trinajstić information content (AvgIpc) is 2.09. The van der Waals surface area contributed by atoms with Crippen LogP contribution in [0.3, 0.4) is 0 Å². The molecule has 0 fully saturated rings. The van der Waals surface area contributed by atoms with Gasteiger partial charge in [-0.15, -0.1) is 0 Å². The number of aromatic hydroxyl groups is 1. The highest BCUT2D eigenvalue weighted by Crippen LogP contribution is 2.32. The number of aliphatic hydroxyl groups is 1. The SMILES string of the molecule is Cc1cc(C(C)(C)C)c(O)cc1CCO. The van der Waals surface area contributed by atoms with E-state index in [-0.39, 0.29) is 12.0 Å². The lowest BCUT2D eigenvalue weighted by atomic mass is 9.84. The van der Waals surface area contributed by atoms with Crippen LogP contribution in [0, 0.1) is 6.92 Å². The smallest absolute Gasteiger partial charge is 0.119 e. The normalized spacial score (nSPS) is 11.8. The van der Waals surface area contributed by atoms with Crippen LogP contribution >= 0.6 is 0 Å². The standard InChI is InChI=1S/C13H20O2/c1-9-7-11(13(2,3)4)12(15)8-10(9)5-6-14/h7-8,14-15H,5-6H2,1-4H3. The largest absolute Gasteiger partial charge is 0.508 e. The molecular formula is C13H20O2. The van der Waals surface area contributed by atoms with Crippen LogP contribution in [0.5, 0.6) is 5.75 Å². The van der Waals surface area contributed by atoms with Crippen LogP contribution in [0.25, 0.3) is 0 Å². The maximum absolute atomic E-state index is 9.90. The van der Waals surface area contributed by atoms with Crippen molar-refractivity contribution in [1.82, 2.24) is 0 Å². The molecule has 0 unspecified atom stereocenters. The Morgan fingerprint density at radius 2 is 1.80 bits per heavy atom. The Bertz CT molecular complexity index is 348. The third-order valence-corrected chi connectivity index (χ3v) is 2.64. The Hall–Kier alpha value is -1.02. The molecular weight excluding hydrogens is 188 g/mol.